The van der Waals surface area contributed by atoms with Crippen LogP contribution in [0.25, 0.3) is 17.2 Å². The smallest absolute Gasteiger partial charge is 0.0379 e. The topological polar surface area (TPSA) is 12.0 Å². The Morgan fingerprint density at radius 2 is 1.40 bits per heavy atom. The van der Waals surface area contributed by atoms with Gasteiger partial charge in [-0.3, -0.25) is 0 Å². The molecule has 1 atom stereocenters. The predicted octanol–water partition coefficient (Wildman–Crippen LogP) is 12.9. The SMILES string of the molecule is CC(/C=C\C(=C/C=C/Nc1ccc(C2(C)C=CC(c3ccccc3)=CC2)cc1)c1ccccc1)=C\C=C(C)\C(C)=C\c1ccccc1C. The highest BCUT2D eigenvalue weighted by Crippen LogP contribution is 2.36. The van der Waals surface area contributed by atoms with Crippen molar-refractivity contribution in [2.75, 3.05) is 5.32 Å². The van der Waals surface area contributed by atoms with Gasteiger partial charge in [0.05, 0.1) is 0 Å². The van der Waals surface area contributed by atoms with Crippen molar-refractivity contribution < 1.29 is 0 Å². The van der Waals surface area contributed by atoms with Gasteiger partial charge in [-0.25, -0.2) is 0 Å². The van der Waals surface area contributed by atoms with Crippen molar-refractivity contribution in [2.24, 2.45) is 0 Å². The average molecular weight is 626 g/mol. The molecule has 0 bridgehead atoms. The second-order valence-corrected chi connectivity index (χ2v) is 12.8. The molecule has 1 nitrogen and oxygen atoms in total. The number of anilines is 1. The maximum absolute atomic E-state index is 3.45. The summed E-state index contributed by atoms with van der Waals surface area (Å²) in [7, 11) is 0. The normalized spacial score (nSPS) is 17.6. The summed E-state index contributed by atoms with van der Waals surface area (Å²) in [5.41, 5.74) is 13.5. The van der Waals surface area contributed by atoms with Gasteiger partial charge in [-0.1, -0.05) is 164 Å². The van der Waals surface area contributed by atoms with Crippen molar-refractivity contribution in [3.63, 3.8) is 0 Å². The van der Waals surface area contributed by atoms with Crippen molar-refractivity contribution in [1.82, 2.24) is 0 Å². The fraction of sp³-hybridized carbons (Fsp3) is 0.149. The first kappa shape index (κ1) is 33.9. The van der Waals surface area contributed by atoms with Crippen LogP contribution < -0.4 is 5.32 Å². The highest BCUT2D eigenvalue weighted by Gasteiger charge is 2.25. The van der Waals surface area contributed by atoms with E-state index in [4.69, 9.17) is 0 Å². The van der Waals surface area contributed by atoms with Gasteiger partial charge < -0.3 is 5.32 Å². The molecule has 4 aromatic carbocycles. The molecule has 1 heteroatoms. The lowest BCUT2D eigenvalue weighted by Crippen LogP contribution is -2.20. The van der Waals surface area contributed by atoms with Crippen LogP contribution in [0, 0.1) is 6.92 Å². The van der Waals surface area contributed by atoms with Gasteiger partial charge in [-0.15, -0.1) is 0 Å². The van der Waals surface area contributed by atoms with Gasteiger partial charge in [-0.2, -0.15) is 0 Å². The van der Waals surface area contributed by atoms with Crippen LogP contribution in [0.3, 0.4) is 0 Å². The van der Waals surface area contributed by atoms with Crippen molar-refractivity contribution in [2.45, 2.75) is 46.5 Å². The van der Waals surface area contributed by atoms with E-state index in [1.165, 1.54) is 50.1 Å². The number of allylic oxidation sites excluding steroid dienone is 14. The van der Waals surface area contributed by atoms with Gasteiger partial charge in [0.25, 0.3) is 0 Å². The zero-order chi connectivity index (χ0) is 33.8. The average Bonchev–Trinajstić information content (AvgIpc) is 3.12. The molecule has 0 amide bonds. The quantitative estimate of drug-likeness (QED) is 0.164. The number of hydrogen-bond donors (Lipinski definition) is 1. The van der Waals surface area contributed by atoms with E-state index in [1.54, 1.807) is 0 Å². The fourth-order valence-corrected chi connectivity index (χ4v) is 5.67. The number of aryl methyl sites for hydroxylation is 1. The fourth-order valence-electron chi connectivity index (χ4n) is 5.67. The molecule has 4 aromatic rings. The van der Waals surface area contributed by atoms with Crippen LogP contribution >= 0.6 is 0 Å². The first-order chi connectivity index (χ1) is 23.3. The van der Waals surface area contributed by atoms with E-state index < -0.39 is 0 Å². The Morgan fingerprint density at radius 1 is 0.708 bits per heavy atom. The first-order valence-electron chi connectivity index (χ1n) is 16.8. The van der Waals surface area contributed by atoms with E-state index in [1.807, 2.05) is 6.20 Å². The van der Waals surface area contributed by atoms with Crippen LogP contribution in [0.5, 0.6) is 0 Å². The van der Waals surface area contributed by atoms with Crippen LogP contribution in [0.15, 0.2) is 187 Å². The van der Waals surface area contributed by atoms with Gasteiger partial charge in [0.1, 0.15) is 0 Å². The Kier molecular flexibility index (Phi) is 11.6. The minimum Gasteiger partial charge on any atom is -0.362 e. The molecule has 1 unspecified atom stereocenters. The molecule has 5 rings (SSSR count). The van der Waals surface area contributed by atoms with E-state index in [2.05, 4.69) is 210 Å². The van der Waals surface area contributed by atoms with E-state index in [0.717, 1.165) is 17.7 Å². The molecule has 0 aliphatic heterocycles. The summed E-state index contributed by atoms with van der Waals surface area (Å²) in [6.07, 6.45) is 25.2. The van der Waals surface area contributed by atoms with Crippen molar-refractivity contribution >= 4 is 22.9 Å². The predicted molar refractivity (Wildman–Crippen MR) is 211 cm³/mol. The van der Waals surface area contributed by atoms with Gasteiger partial charge in [0.2, 0.25) is 0 Å². The minimum absolute atomic E-state index is 0.00973. The maximum Gasteiger partial charge on any atom is 0.0379 e. The number of rotatable bonds is 11. The third-order valence-electron chi connectivity index (χ3n) is 9.06. The van der Waals surface area contributed by atoms with Gasteiger partial charge in [-0.05, 0) is 102 Å². The lowest BCUT2D eigenvalue weighted by Gasteiger charge is -2.29. The molecule has 0 spiro atoms. The van der Waals surface area contributed by atoms with Crippen LogP contribution in [0.1, 0.15) is 61.9 Å². The molecule has 0 saturated carbocycles. The number of hydrogen-bond acceptors (Lipinski definition) is 1. The van der Waals surface area contributed by atoms with Crippen LogP contribution in [-0.4, -0.2) is 0 Å². The van der Waals surface area contributed by atoms with E-state index >= 15 is 0 Å². The summed E-state index contributed by atoms with van der Waals surface area (Å²) in [6.45, 7) is 11.0. The largest absolute Gasteiger partial charge is 0.362 e. The van der Waals surface area contributed by atoms with Crippen molar-refractivity contribution in [3.8, 4) is 0 Å². The monoisotopic (exact) mass is 625 g/mol. The summed E-state index contributed by atoms with van der Waals surface area (Å²) < 4.78 is 0. The van der Waals surface area contributed by atoms with Gasteiger partial charge in [0, 0.05) is 17.3 Å². The maximum atomic E-state index is 3.45. The summed E-state index contributed by atoms with van der Waals surface area (Å²) >= 11 is 0. The van der Waals surface area contributed by atoms with Crippen LogP contribution in [0.4, 0.5) is 5.69 Å². The van der Waals surface area contributed by atoms with Gasteiger partial charge in [0.15, 0.2) is 0 Å². The standard InChI is InChI=1S/C47H47N/c1-36(22-24-37(2)39(4)35-44-20-13-12-15-38(44)3)23-25-42(40-16-8-6-9-17-40)21-14-34-48-46-28-26-45(27-29-46)47(5)32-30-43(31-33-47)41-18-10-7-11-19-41/h6-32,34-35,48H,33H2,1-5H3/b25-23-,34-14+,36-22+,37-24+,39-35+,42-21+. The molecule has 0 saturated heterocycles. The summed E-state index contributed by atoms with van der Waals surface area (Å²) in [5.74, 6) is 0. The second-order valence-electron chi connectivity index (χ2n) is 12.8. The molecule has 1 aliphatic rings. The molecule has 48 heavy (non-hydrogen) atoms. The van der Waals surface area contributed by atoms with Crippen LogP contribution in [-0.2, 0) is 5.41 Å². The summed E-state index contributed by atoms with van der Waals surface area (Å²) in [4.78, 5) is 0. The molecule has 1 N–H and O–H groups in total. The Bertz CT molecular complexity index is 1920. The summed E-state index contributed by atoms with van der Waals surface area (Å²) in [5, 5.41) is 3.45. The van der Waals surface area contributed by atoms with Gasteiger partial charge >= 0.3 is 0 Å². The van der Waals surface area contributed by atoms with E-state index in [0.29, 0.717) is 0 Å². The Balaban J connectivity index is 1.23. The third kappa shape index (κ3) is 9.33. The Hall–Kier alpha value is -5.40. The minimum atomic E-state index is -0.00973. The highest BCUT2D eigenvalue weighted by molar-refractivity contribution is 5.76. The molecule has 0 heterocycles. The zero-order valence-corrected chi connectivity index (χ0v) is 29.0. The van der Waals surface area contributed by atoms with Crippen molar-refractivity contribution in [1.29, 1.82) is 0 Å². The third-order valence-corrected chi connectivity index (χ3v) is 9.06. The van der Waals surface area contributed by atoms with Crippen LogP contribution in [0.2, 0.25) is 0 Å². The Labute approximate surface area is 288 Å². The molecule has 240 valence electrons. The number of nitrogens with one attached hydrogen (secondary N) is 1. The summed E-state index contributed by atoms with van der Waals surface area (Å²) in [6, 6.07) is 38.4. The lowest BCUT2D eigenvalue weighted by molar-refractivity contribution is 0.601. The molecule has 0 radical (unpaired) electrons. The number of benzene rings is 4. The highest BCUT2D eigenvalue weighted by atomic mass is 14.8. The molecular formula is C47H47N. The lowest BCUT2D eigenvalue weighted by atomic mass is 9.75. The molecule has 0 aromatic heterocycles. The molecular weight excluding hydrogens is 579 g/mol. The first-order valence-corrected chi connectivity index (χ1v) is 16.8. The molecule has 1 aliphatic carbocycles. The van der Waals surface area contributed by atoms with E-state index in [9.17, 15) is 0 Å². The van der Waals surface area contributed by atoms with Crippen molar-refractivity contribution in [3.05, 3.63) is 215 Å². The second kappa shape index (κ2) is 16.4. The van der Waals surface area contributed by atoms with E-state index in [-0.39, 0.29) is 5.41 Å². The zero-order valence-electron chi connectivity index (χ0n) is 29.0. The Morgan fingerprint density at radius 3 is 2.08 bits per heavy atom. The molecule has 0 fully saturated rings.